The van der Waals surface area contributed by atoms with Crippen molar-refractivity contribution < 1.29 is 0 Å². The van der Waals surface area contributed by atoms with E-state index >= 15 is 0 Å². The van der Waals surface area contributed by atoms with Crippen LogP contribution >= 0.6 is 0 Å². The molecular formula is C12H22N4. The number of aryl methyl sites for hydroxylation is 1. The van der Waals surface area contributed by atoms with E-state index in [1.54, 1.807) is 0 Å². The fourth-order valence-corrected chi connectivity index (χ4v) is 2.55. The number of rotatable bonds is 4. The Balaban J connectivity index is 1.86. The Bertz CT molecular complexity index is 321. The largest absolute Gasteiger partial charge is 0.330 e. The van der Waals surface area contributed by atoms with E-state index in [2.05, 4.69) is 22.4 Å². The molecule has 2 atom stereocenters. The topological polar surface area (TPSA) is 66.7 Å². The van der Waals surface area contributed by atoms with Crippen LogP contribution in [0.4, 0.5) is 0 Å². The number of hydrogen-bond acceptors (Lipinski definition) is 3. The van der Waals surface area contributed by atoms with Crippen molar-refractivity contribution in [2.24, 2.45) is 11.7 Å². The Hall–Kier alpha value is -0.870. The van der Waals surface area contributed by atoms with Crippen LogP contribution in [0.3, 0.4) is 0 Å². The lowest BCUT2D eigenvalue weighted by Crippen LogP contribution is -2.41. The molecule has 0 aliphatic heterocycles. The van der Waals surface area contributed by atoms with E-state index in [4.69, 9.17) is 5.73 Å². The summed E-state index contributed by atoms with van der Waals surface area (Å²) in [4.78, 5) is 0. The molecule has 1 saturated carbocycles. The lowest BCUT2D eigenvalue weighted by molar-refractivity contribution is 0.267. The molecule has 90 valence electrons. The van der Waals surface area contributed by atoms with E-state index < -0.39 is 0 Å². The molecule has 4 heteroatoms. The summed E-state index contributed by atoms with van der Waals surface area (Å²) < 4.78 is 0. The molecule has 16 heavy (non-hydrogen) atoms. The molecule has 4 N–H and O–H groups in total. The number of hydrogen-bond donors (Lipinski definition) is 3. The van der Waals surface area contributed by atoms with Crippen molar-refractivity contribution in [3.05, 3.63) is 17.5 Å². The van der Waals surface area contributed by atoms with Crippen molar-refractivity contribution in [1.82, 2.24) is 15.5 Å². The molecule has 2 rings (SSSR count). The van der Waals surface area contributed by atoms with Crippen molar-refractivity contribution in [2.45, 2.75) is 45.2 Å². The predicted octanol–water partition coefficient (Wildman–Crippen LogP) is 1.33. The lowest BCUT2D eigenvalue weighted by Gasteiger charge is -2.31. The van der Waals surface area contributed by atoms with Gasteiger partial charge in [-0.1, -0.05) is 12.8 Å². The van der Waals surface area contributed by atoms with Gasteiger partial charge in [-0.05, 0) is 32.2 Å². The van der Waals surface area contributed by atoms with Crippen molar-refractivity contribution in [3.63, 3.8) is 0 Å². The van der Waals surface area contributed by atoms with Crippen LogP contribution in [0.15, 0.2) is 6.20 Å². The third-order valence-electron chi connectivity index (χ3n) is 3.70. The Labute approximate surface area is 97.0 Å². The van der Waals surface area contributed by atoms with Crippen molar-refractivity contribution >= 4 is 0 Å². The van der Waals surface area contributed by atoms with E-state index in [0.717, 1.165) is 18.8 Å². The first-order valence-corrected chi connectivity index (χ1v) is 6.23. The van der Waals surface area contributed by atoms with Crippen LogP contribution in [0.2, 0.25) is 0 Å². The number of aromatic amines is 1. The zero-order valence-electron chi connectivity index (χ0n) is 10.00. The Kier molecular flexibility index (Phi) is 3.96. The fourth-order valence-electron chi connectivity index (χ4n) is 2.55. The van der Waals surface area contributed by atoms with Crippen LogP contribution in [0, 0.1) is 12.8 Å². The third-order valence-corrected chi connectivity index (χ3v) is 3.70. The number of aromatic nitrogens is 2. The van der Waals surface area contributed by atoms with Gasteiger partial charge in [0.2, 0.25) is 0 Å². The Morgan fingerprint density at radius 2 is 2.31 bits per heavy atom. The minimum atomic E-state index is 0.591. The molecule has 0 saturated heterocycles. The summed E-state index contributed by atoms with van der Waals surface area (Å²) in [6.07, 6.45) is 7.11. The number of nitrogens with one attached hydrogen (secondary N) is 2. The molecule has 1 aromatic heterocycles. The molecule has 0 spiro atoms. The molecule has 2 unspecified atom stereocenters. The number of nitrogens with two attached hydrogens (primary N) is 1. The summed E-state index contributed by atoms with van der Waals surface area (Å²) in [5, 5.41) is 10.6. The monoisotopic (exact) mass is 222 g/mol. The molecule has 0 amide bonds. The van der Waals surface area contributed by atoms with Crippen LogP contribution in [-0.4, -0.2) is 22.8 Å². The predicted molar refractivity (Wildman–Crippen MR) is 65.0 cm³/mol. The van der Waals surface area contributed by atoms with E-state index in [0.29, 0.717) is 12.0 Å². The maximum Gasteiger partial charge on any atom is 0.0535 e. The van der Waals surface area contributed by atoms with E-state index in [1.807, 2.05) is 6.20 Å². The van der Waals surface area contributed by atoms with Crippen molar-refractivity contribution in [3.8, 4) is 0 Å². The van der Waals surface area contributed by atoms with E-state index in [-0.39, 0.29) is 0 Å². The minimum Gasteiger partial charge on any atom is -0.330 e. The highest BCUT2D eigenvalue weighted by Gasteiger charge is 2.23. The van der Waals surface area contributed by atoms with Gasteiger partial charge >= 0.3 is 0 Å². The summed E-state index contributed by atoms with van der Waals surface area (Å²) in [7, 11) is 0. The van der Waals surface area contributed by atoms with Gasteiger partial charge in [0.15, 0.2) is 0 Å². The van der Waals surface area contributed by atoms with Gasteiger partial charge in [-0.25, -0.2) is 0 Å². The first kappa shape index (κ1) is 11.6. The van der Waals surface area contributed by atoms with E-state index in [1.165, 1.54) is 31.2 Å². The van der Waals surface area contributed by atoms with Gasteiger partial charge in [-0.3, -0.25) is 5.10 Å². The smallest absolute Gasteiger partial charge is 0.0535 e. The van der Waals surface area contributed by atoms with E-state index in [9.17, 15) is 0 Å². The first-order valence-electron chi connectivity index (χ1n) is 6.23. The average molecular weight is 222 g/mol. The second kappa shape index (κ2) is 5.46. The second-order valence-corrected chi connectivity index (χ2v) is 4.79. The Morgan fingerprint density at radius 1 is 1.50 bits per heavy atom. The van der Waals surface area contributed by atoms with Crippen LogP contribution in [0.1, 0.15) is 36.9 Å². The molecule has 1 heterocycles. The van der Waals surface area contributed by atoms with Gasteiger partial charge in [0.1, 0.15) is 0 Å². The van der Waals surface area contributed by atoms with Gasteiger partial charge in [0.05, 0.1) is 6.20 Å². The summed E-state index contributed by atoms with van der Waals surface area (Å²) in [5.41, 5.74) is 8.24. The van der Waals surface area contributed by atoms with Crippen LogP contribution < -0.4 is 11.1 Å². The summed E-state index contributed by atoms with van der Waals surface area (Å²) in [6.45, 7) is 3.77. The molecule has 0 bridgehead atoms. The fraction of sp³-hybridized carbons (Fsp3) is 0.750. The zero-order chi connectivity index (χ0) is 11.4. The van der Waals surface area contributed by atoms with Crippen molar-refractivity contribution in [1.29, 1.82) is 0 Å². The number of nitrogens with zero attached hydrogens (tertiary/aromatic N) is 1. The first-order chi connectivity index (χ1) is 7.81. The molecule has 1 aliphatic rings. The average Bonchev–Trinajstić information content (AvgIpc) is 2.72. The van der Waals surface area contributed by atoms with Gasteiger partial charge in [0, 0.05) is 23.8 Å². The van der Waals surface area contributed by atoms with Gasteiger partial charge in [0.25, 0.3) is 0 Å². The number of H-pyrrole nitrogens is 1. The summed E-state index contributed by atoms with van der Waals surface area (Å²) in [5.74, 6) is 0.654. The lowest BCUT2D eigenvalue weighted by atomic mass is 9.84. The Morgan fingerprint density at radius 3 is 3.00 bits per heavy atom. The molecule has 4 nitrogen and oxygen atoms in total. The molecule has 0 aromatic carbocycles. The SMILES string of the molecule is Cc1[nH]ncc1CNC1CCCCC1CN. The zero-order valence-corrected chi connectivity index (χ0v) is 10.00. The molecule has 1 fully saturated rings. The van der Waals surface area contributed by atoms with Crippen LogP contribution in [-0.2, 0) is 6.54 Å². The highest BCUT2D eigenvalue weighted by atomic mass is 15.1. The summed E-state index contributed by atoms with van der Waals surface area (Å²) >= 11 is 0. The summed E-state index contributed by atoms with van der Waals surface area (Å²) in [6, 6.07) is 0.591. The molecule has 0 radical (unpaired) electrons. The maximum atomic E-state index is 5.81. The second-order valence-electron chi connectivity index (χ2n) is 4.79. The quantitative estimate of drug-likeness (QED) is 0.720. The minimum absolute atomic E-state index is 0.591. The molecular weight excluding hydrogens is 200 g/mol. The van der Waals surface area contributed by atoms with Gasteiger partial charge in [-0.15, -0.1) is 0 Å². The van der Waals surface area contributed by atoms with Crippen LogP contribution in [0.5, 0.6) is 0 Å². The van der Waals surface area contributed by atoms with Crippen LogP contribution in [0.25, 0.3) is 0 Å². The van der Waals surface area contributed by atoms with Gasteiger partial charge in [-0.2, -0.15) is 5.10 Å². The highest BCUT2D eigenvalue weighted by molar-refractivity contribution is 5.14. The standard InChI is InChI=1S/C12H22N4/c1-9-11(8-15-16-9)7-14-12-5-3-2-4-10(12)6-13/h8,10,12,14H,2-7,13H2,1H3,(H,15,16). The molecule has 1 aliphatic carbocycles. The van der Waals surface area contributed by atoms with Gasteiger partial charge < -0.3 is 11.1 Å². The molecule has 1 aromatic rings. The third kappa shape index (κ3) is 2.62. The normalized spacial score (nSPS) is 25.9. The van der Waals surface area contributed by atoms with Crippen molar-refractivity contribution in [2.75, 3.05) is 6.54 Å². The maximum absolute atomic E-state index is 5.81. The highest BCUT2D eigenvalue weighted by Crippen LogP contribution is 2.23.